The van der Waals surface area contributed by atoms with Crippen LogP contribution in [0, 0.1) is 0 Å². The second-order valence-electron chi connectivity index (χ2n) is 4.31. The van der Waals surface area contributed by atoms with E-state index >= 15 is 0 Å². The molecule has 1 aromatic carbocycles. The molecule has 2 rings (SSSR count). The van der Waals surface area contributed by atoms with Gasteiger partial charge in [-0.3, -0.25) is 0 Å². The Labute approximate surface area is 129 Å². The summed E-state index contributed by atoms with van der Waals surface area (Å²) in [5.41, 5.74) is 1.21. The van der Waals surface area contributed by atoms with E-state index in [0.717, 1.165) is 24.7 Å². The number of thiophene rings is 1. The molecular formula is C16H18ClNOS. The van der Waals surface area contributed by atoms with E-state index in [1.54, 1.807) is 18.4 Å². The van der Waals surface area contributed by atoms with Crippen molar-refractivity contribution in [3.05, 3.63) is 52.4 Å². The number of halogens is 1. The first kappa shape index (κ1) is 15.3. The normalized spacial score (nSPS) is 11.3. The van der Waals surface area contributed by atoms with Crippen molar-refractivity contribution in [2.45, 2.75) is 0 Å². The lowest BCUT2D eigenvalue weighted by Crippen LogP contribution is -2.18. The molecule has 0 unspecified atom stereocenters. The standard InChI is InChI=1S/C16H18ClNOS/c1-19-12-11-18-10-2-3-15-8-9-16(20-15)13-4-6-14(17)7-5-13/h2-9,18H,10-12H2,1H3. The highest BCUT2D eigenvalue weighted by Gasteiger charge is 2.00. The van der Waals surface area contributed by atoms with Crippen molar-refractivity contribution in [2.24, 2.45) is 0 Å². The monoisotopic (exact) mass is 307 g/mol. The Morgan fingerprint density at radius 3 is 2.75 bits per heavy atom. The SMILES string of the molecule is COCCNCC=Cc1ccc(-c2ccc(Cl)cc2)s1. The molecule has 2 aromatic rings. The Hall–Kier alpha value is -1.13. The lowest BCUT2D eigenvalue weighted by molar-refractivity contribution is 0.200. The quantitative estimate of drug-likeness (QED) is 0.769. The predicted octanol–water partition coefficient (Wildman–Crippen LogP) is 4.32. The first-order valence-electron chi connectivity index (χ1n) is 6.51. The lowest BCUT2D eigenvalue weighted by Gasteiger charge is -1.98. The molecule has 0 atom stereocenters. The average molecular weight is 308 g/mol. The maximum atomic E-state index is 5.90. The molecule has 0 radical (unpaired) electrons. The third-order valence-corrected chi connectivity index (χ3v) is 4.13. The predicted molar refractivity (Wildman–Crippen MR) is 88.5 cm³/mol. The maximum Gasteiger partial charge on any atom is 0.0587 e. The molecule has 1 N–H and O–H groups in total. The Kier molecular flexibility index (Phi) is 6.27. The van der Waals surface area contributed by atoms with Gasteiger partial charge < -0.3 is 10.1 Å². The summed E-state index contributed by atoms with van der Waals surface area (Å²) in [4.78, 5) is 2.51. The summed E-state index contributed by atoms with van der Waals surface area (Å²) >= 11 is 7.68. The van der Waals surface area contributed by atoms with Gasteiger partial charge in [-0.2, -0.15) is 0 Å². The zero-order chi connectivity index (χ0) is 14.2. The van der Waals surface area contributed by atoms with Gasteiger partial charge in [-0.1, -0.05) is 29.8 Å². The van der Waals surface area contributed by atoms with Gasteiger partial charge in [0.05, 0.1) is 6.61 Å². The highest BCUT2D eigenvalue weighted by Crippen LogP contribution is 2.29. The number of benzene rings is 1. The fourth-order valence-electron chi connectivity index (χ4n) is 1.75. The first-order chi connectivity index (χ1) is 9.79. The summed E-state index contributed by atoms with van der Waals surface area (Å²) in [7, 11) is 1.71. The minimum absolute atomic E-state index is 0.744. The van der Waals surface area contributed by atoms with Crippen molar-refractivity contribution in [1.29, 1.82) is 0 Å². The van der Waals surface area contributed by atoms with Crippen LogP contribution in [0.3, 0.4) is 0 Å². The van der Waals surface area contributed by atoms with Crippen molar-refractivity contribution in [1.82, 2.24) is 5.32 Å². The Morgan fingerprint density at radius 1 is 1.20 bits per heavy atom. The summed E-state index contributed by atoms with van der Waals surface area (Å²) in [5.74, 6) is 0. The summed E-state index contributed by atoms with van der Waals surface area (Å²) in [6.45, 7) is 2.48. The van der Waals surface area contributed by atoms with Crippen LogP contribution in [-0.2, 0) is 4.74 Å². The molecule has 20 heavy (non-hydrogen) atoms. The minimum Gasteiger partial charge on any atom is -0.383 e. The summed E-state index contributed by atoms with van der Waals surface area (Å²) in [6, 6.07) is 12.2. The Balaban J connectivity index is 1.89. The Bertz CT molecular complexity index is 548. The van der Waals surface area contributed by atoms with Gasteiger partial charge in [0.2, 0.25) is 0 Å². The van der Waals surface area contributed by atoms with Gasteiger partial charge in [0.25, 0.3) is 0 Å². The lowest BCUT2D eigenvalue weighted by atomic mass is 10.2. The molecule has 1 heterocycles. The minimum atomic E-state index is 0.744. The van der Waals surface area contributed by atoms with Gasteiger partial charge in [0.1, 0.15) is 0 Å². The number of rotatable bonds is 7. The van der Waals surface area contributed by atoms with E-state index in [0.29, 0.717) is 0 Å². The van der Waals surface area contributed by atoms with Crippen LogP contribution in [0.1, 0.15) is 4.88 Å². The van der Waals surface area contributed by atoms with Gasteiger partial charge in [-0.25, -0.2) is 0 Å². The van der Waals surface area contributed by atoms with Crippen LogP contribution in [0.5, 0.6) is 0 Å². The molecule has 0 aliphatic heterocycles. The fourth-order valence-corrected chi connectivity index (χ4v) is 2.82. The van der Waals surface area contributed by atoms with Crippen molar-refractivity contribution in [3.8, 4) is 10.4 Å². The van der Waals surface area contributed by atoms with Crippen LogP contribution in [-0.4, -0.2) is 26.8 Å². The highest BCUT2D eigenvalue weighted by atomic mass is 35.5. The van der Waals surface area contributed by atoms with E-state index in [9.17, 15) is 0 Å². The second-order valence-corrected chi connectivity index (χ2v) is 5.86. The molecule has 0 spiro atoms. The largest absolute Gasteiger partial charge is 0.383 e. The van der Waals surface area contributed by atoms with Gasteiger partial charge in [0.15, 0.2) is 0 Å². The zero-order valence-corrected chi connectivity index (χ0v) is 13.0. The molecule has 0 saturated heterocycles. The molecule has 4 heteroatoms. The van der Waals surface area contributed by atoms with Gasteiger partial charge in [-0.15, -0.1) is 11.3 Å². The van der Waals surface area contributed by atoms with E-state index in [1.807, 2.05) is 24.3 Å². The number of methoxy groups -OCH3 is 1. The van der Waals surface area contributed by atoms with Crippen LogP contribution in [0.25, 0.3) is 16.5 Å². The smallest absolute Gasteiger partial charge is 0.0587 e. The molecule has 0 bridgehead atoms. The number of hydrogen-bond donors (Lipinski definition) is 1. The second kappa shape index (κ2) is 8.22. The summed E-state index contributed by atoms with van der Waals surface area (Å²) < 4.78 is 4.97. The van der Waals surface area contributed by atoms with Crippen molar-refractivity contribution >= 4 is 29.0 Å². The van der Waals surface area contributed by atoms with E-state index < -0.39 is 0 Å². The number of ether oxygens (including phenoxy) is 1. The van der Waals surface area contributed by atoms with Crippen LogP contribution in [0.4, 0.5) is 0 Å². The van der Waals surface area contributed by atoms with E-state index in [1.165, 1.54) is 15.3 Å². The molecule has 106 valence electrons. The van der Waals surface area contributed by atoms with Crippen LogP contribution < -0.4 is 5.32 Å². The van der Waals surface area contributed by atoms with E-state index in [-0.39, 0.29) is 0 Å². The van der Waals surface area contributed by atoms with Crippen LogP contribution in [0.2, 0.25) is 5.02 Å². The van der Waals surface area contributed by atoms with Crippen molar-refractivity contribution in [2.75, 3.05) is 26.8 Å². The van der Waals surface area contributed by atoms with Gasteiger partial charge >= 0.3 is 0 Å². The van der Waals surface area contributed by atoms with E-state index in [4.69, 9.17) is 16.3 Å². The molecular weight excluding hydrogens is 290 g/mol. The topological polar surface area (TPSA) is 21.3 Å². The fraction of sp³-hybridized carbons (Fsp3) is 0.250. The molecule has 0 saturated carbocycles. The number of nitrogens with one attached hydrogen (secondary N) is 1. The third kappa shape index (κ3) is 4.76. The molecule has 2 nitrogen and oxygen atoms in total. The summed E-state index contributed by atoms with van der Waals surface area (Å²) in [6.07, 6.45) is 4.27. The number of hydrogen-bond acceptors (Lipinski definition) is 3. The average Bonchev–Trinajstić information content (AvgIpc) is 2.92. The third-order valence-electron chi connectivity index (χ3n) is 2.78. The molecule has 0 aliphatic carbocycles. The molecule has 1 aromatic heterocycles. The molecule has 0 fully saturated rings. The van der Waals surface area contributed by atoms with Crippen molar-refractivity contribution < 1.29 is 4.74 Å². The highest BCUT2D eigenvalue weighted by molar-refractivity contribution is 7.16. The zero-order valence-electron chi connectivity index (χ0n) is 11.4. The van der Waals surface area contributed by atoms with Gasteiger partial charge in [0, 0.05) is 35.0 Å². The maximum absolute atomic E-state index is 5.90. The van der Waals surface area contributed by atoms with Gasteiger partial charge in [-0.05, 0) is 35.9 Å². The molecule has 0 amide bonds. The first-order valence-corrected chi connectivity index (χ1v) is 7.71. The Morgan fingerprint density at radius 2 is 2.00 bits per heavy atom. The van der Waals surface area contributed by atoms with Crippen molar-refractivity contribution in [3.63, 3.8) is 0 Å². The molecule has 0 aliphatic rings. The summed E-state index contributed by atoms with van der Waals surface area (Å²) in [5, 5.41) is 4.05. The van der Waals surface area contributed by atoms with Crippen LogP contribution in [0.15, 0.2) is 42.5 Å². The van der Waals surface area contributed by atoms with E-state index in [2.05, 4.69) is 29.6 Å². The van der Waals surface area contributed by atoms with Crippen LogP contribution >= 0.6 is 22.9 Å².